The van der Waals surface area contributed by atoms with Crippen molar-refractivity contribution in [2.75, 3.05) is 0 Å². The Morgan fingerprint density at radius 1 is 0.260 bits per heavy atom. The molecule has 0 rings (SSSR count). The molecule has 0 amide bonds. The van der Waals surface area contributed by atoms with Crippen molar-refractivity contribution in [3.63, 3.8) is 0 Å². The Bertz CT molecular complexity index is 1260. The maximum absolute atomic E-state index is 13.7. The largest absolute Gasteiger partial charge is 1.00 e. The van der Waals surface area contributed by atoms with Crippen LogP contribution in [-0.4, -0.2) is 95.1 Å². The van der Waals surface area contributed by atoms with Gasteiger partial charge in [-0.1, -0.05) is 0 Å². The Labute approximate surface area is 271 Å². The van der Waals surface area contributed by atoms with E-state index in [1.54, 1.807) is 0 Å². The Morgan fingerprint density at radius 2 is 0.380 bits per heavy atom. The van der Waals surface area contributed by atoms with Gasteiger partial charge in [0.25, 0.3) is 0 Å². The number of carbonyl (C=O) groups is 1. The van der Waals surface area contributed by atoms with Crippen molar-refractivity contribution in [1.29, 1.82) is 0 Å². The average Bonchev–Trinajstić information content (AvgIpc) is 2.86. The normalized spacial score (nSPS) is 16.7. The van der Waals surface area contributed by atoms with Gasteiger partial charge >= 0.3 is 119 Å². The number of hydrogen-bond acceptors (Lipinski definition) is 2. The number of rotatable bonds is 14. The van der Waals surface area contributed by atoms with Crippen LogP contribution in [-0.2, 0) is 4.79 Å². The van der Waals surface area contributed by atoms with Gasteiger partial charge in [0, 0.05) is 0 Å². The monoisotopic (exact) mass is 836 g/mol. The van der Waals surface area contributed by atoms with E-state index in [2.05, 4.69) is 0 Å². The van der Waals surface area contributed by atoms with E-state index in [0.29, 0.717) is 0 Å². The van der Waals surface area contributed by atoms with Crippen LogP contribution in [0.4, 0.5) is 136 Å². The van der Waals surface area contributed by atoms with Gasteiger partial charge in [-0.3, -0.25) is 0 Å². The molecule has 0 N–H and O–H groups in total. The maximum Gasteiger partial charge on any atom is 1.00 e. The van der Waals surface area contributed by atoms with Gasteiger partial charge in [0.1, 0.15) is 5.97 Å². The van der Waals surface area contributed by atoms with Crippen molar-refractivity contribution in [3.05, 3.63) is 0 Å². The number of carboxylic acid groups (broad SMARTS) is 1. The summed E-state index contributed by atoms with van der Waals surface area (Å²) < 4.78 is 410. The fraction of sp³-hybridized carbons (Fsp3) is 0.938. The molecule has 0 aromatic rings. The van der Waals surface area contributed by atoms with Gasteiger partial charge in [-0.2, -0.15) is 136 Å². The smallest absolute Gasteiger partial charge is 0.544 e. The molecule has 0 saturated heterocycles. The van der Waals surface area contributed by atoms with E-state index in [9.17, 15) is 146 Å². The van der Waals surface area contributed by atoms with Crippen molar-refractivity contribution in [1.82, 2.24) is 0 Å². The summed E-state index contributed by atoms with van der Waals surface area (Å²) in [4.78, 5) is 9.81. The molecule has 0 aromatic carbocycles. The molecule has 0 atom stereocenters. The van der Waals surface area contributed by atoms with Crippen molar-refractivity contribution in [2.45, 2.75) is 89.1 Å². The molecule has 0 fully saturated rings. The molecule has 294 valence electrons. The molecule has 0 heterocycles. The van der Waals surface area contributed by atoms with Crippen LogP contribution < -0.4 is 34.7 Å². The fourth-order valence-electron chi connectivity index (χ4n) is 2.67. The van der Waals surface area contributed by atoms with Gasteiger partial charge in [0.2, 0.25) is 0 Å². The number of carbonyl (C=O) groups excluding carboxylic acids is 1. The first-order valence-corrected chi connectivity index (χ1v) is 10.0. The molecular weight excluding hydrogens is 836 g/mol. The Balaban J connectivity index is 0. The van der Waals surface area contributed by atoms with Crippen LogP contribution in [0.1, 0.15) is 0 Å². The molecule has 0 radical (unpaired) electrons. The second-order valence-electron chi connectivity index (χ2n) is 8.83. The van der Waals surface area contributed by atoms with Gasteiger partial charge in [-0.05, 0) is 0 Å². The molecule has 2 nitrogen and oxygen atoms in total. The van der Waals surface area contributed by atoms with Crippen LogP contribution >= 0.6 is 0 Å². The summed E-state index contributed by atoms with van der Waals surface area (Å²) in [5.41, 5.74) is 0. The summed E-state index contributed by atoms with van der Waals surface area (Å²) in [5.74, 6) is -139. The zero-order chi connectivity index (χ0) is 41.1. The molecule has 0 saturated carbocycles. The van der Waals surface area contributed by atoms with Crippen LogP contribution in [0, 0.1) is 0 Å². The molecule has 0 bridgehead atoms. The molecule has 0 aliphatic carbocycles. The number of carboxylic acids is 1. The van der Waals surface area contributed by atoms with Crippen LogP contribution in [0.3, 0.4) is 0 Å². The van der Waals surface area contributed by atoms with Crippen LogP contribution in [0.5, 0.6) is 0 Å². The van der Waals surface area contributed by atoms with Gasteiger partial charge in [0.15, 0.2) is 0 Å². The Kier molecular flexibility index (Phi) is 12.3. The molecule has 34 heteroatoms. The van der Waals surface area contributed by atoms with E-state index in [-0.39, 0.29) is 29.6 Å². The molecule has 0 aliphatic heterocycles. The minimum absolute atomic E-state index is 0. The Morgan fingerprint density at radius 3 is 0.500 bits per heavy atom. The second-order valence-corrected chi connectivity index (χ2v) is 8.83. The number of hydrogen-bond donors (Lipinski definition) is 0. The minimum atomic E-state index is -10.2. The third-order valence-electron chi connectivity index (χ3n) is 5.74. The van der Waals surface area contributed by atoms with E-state index in [1.165, 1.54) is 0 Å². The molecular formula is C16F31NaO2. The van der Waals surface area contributed by atoms with Crippen molar-refractivity contribution >= 4 is 5.97 Å². The summed E-state index contributed by atoms with van der Waals surface area (Å²) in [6.07, 6.45) is -8.37. The SMILES string of the molecule is O=C([O-])C(F)(F)C(F)(F)C(F)(F)C(F)(F)C(F)(F)C(F)(F)C(F)(F)C(F)(F)C(F)(F)C(F)(F)C(F)(F)C(F)(F)C(F)(F)C(F)(F)C(F)(F)F.[Na+]. The van der Waals surface area contributed by atoms with E-state index >= 15 is 0 Å². The number of aliphatic carboxylic acids is 1. The summed E-state index contributed by atoms with van der Waals surface area (Å²) in [6.45, 7) is 0. The number of alkyl halides is 31. The second kappa shape index (κ2) is 12.2. The van der Waals surface area contributed by atoms with E-state index in [4.69, 9.17) is 0 Å². The first kappa shape index (κ1) is 50.4. The first-order valence-electron chi connectivity index (χ1n) is 10.0. The van der Waals surface area contributed by atoms with Crippen molar-refractivity contribution < 1.29 is 176 Å². The summed E-state index contributed by atoms with van der Waals surface area (Å²) >= 11 is 0. The average molecular weight is 836 g/mol. The molecule has 0 spiro atoms. The fourth-order valence-corrected chi connectivity index (χ4v) is 2.67. The predicted octanol–water partition coefficient (Wildman–Crippen LogP) is 5.20. The van der Waals surface area contributed by atoms with Gasteiger partial charge in [-0.15, -0.1) is 0 Å². The minimum Gasteiger partial charge on any atom is -0.544 e. The zero-order valence-electron chi connectivity index (χ0n) is 21.5. The van der Waals surface area contributed by atoms with E-state index < -0.39 is 95.1 Å². The van der Waals surface area contributed by atoms with Gasteiger partial charge in [-0.25, -0.2) is 0 Å². The number of halogens is 31. The third-order valence-corrected chi connectivity index (χ3v) is 5.74. The molecule has 0 aromatic heterocycles. The van der Waals surface area contributed by atoms with Crippen LogP contribution in [0.25, 0.3) is 0 Å². The molecule has 0 unspecified atom stereocenters. The first-order chi connectivity index (χ1) is 20.4. The van der Waals surface area contributed by atoms with Crippen LogP contribution in [0.2, 0.25) is 0 Å². The zero-order valence-corrected chi connectivity index (χ0v) is 23.5. The quantitative estimate of drug-likeness (QED) is 0.179. The summed E-state index contributed by atoms with van der Waals surface area (Å²) in [7, 11) is 0. The van der Waals surface area contributed by atoms with Crippen molar-refractivity contribution in [2.24, 2.45) is 0 Å². The van der Waals surface area contributed by atoms with E-state index in [0.717, 1.165) is 0 Å². The van der Waals surface area contributed by atoms with E-state index in [1.807, 2.05) is 0 Å². The maximum atomic E-state index is 13.7. The Hall–Kier alpha value is -1.70. The van der Waals surface area contributed by atoms with Crippen LogP contribution in [0.15, 0.2) is 0 Å². The molecule has 50 heavy (non-hydrogen) atoms. The van der Waals surface area contributed by atoms with Gasteiger partial charge in [0.05, 0.1) is 0 Å². The summed E-state index contributed by atoms with van der Waals surface area (Å²) in [6, 6.07) is 0. The third kappa shape index (κ3) is 5.60. The molecule has 0 aliphatic rings. The topological polar surface area (TPSA) is 40.1 Å². The summed E-state index contributed by atoms with van der Waals surface area (Å²) in [5, 5.41) is 9.81. The standard InChI is InChI=1S/C16HF31O2.Na/c17-2(18,1(48)49)3(19,20)4(21,22)5(23,24)6(25,26)7(27,28)8(29,30)9(31,32)10(33,34)11(35,36)12(37,38)13(39,40)14(41,42)15(43,44)16(45,46)47;/h(H,48,49);/q;+1/p-1. The van der Waals surface area contributed by atoms with Gasteiger partial charge < -0.3 is 9.90 Å². The van der Waals surface area contributed by atoms with Crippen molar-refractivity contribution in [3.8, 4) is 0 Å². The predicted molar refractivity (Wildman–Crippen MR) is 80.3 cm³/mol.